The Bertz CT molecular complexity index is 697. The van der Waals surface area contributed by atoms with Gasteiger partial charge in [-0.2, -0.15) is 0 Å². The Morgan fingerprint density at radius 3 is 2.41 bits per heavy atom. The van der Waals surface area contributed by atoms with E-state index in [2.05, 4.69) is 10.1 Å². The van der Waals surface area contributed by atoms with E-state index in [4.69, 9.17) is 9.47 Å². The van der Waals surface area contributed by atoms with Crippen LogP contribution in [-0.2, 0) is 25.6 Å². The van der Waals surface area contributed by atoms with Gasteiger partial charge >= 0.3 is 18.2 Å². The van der Waals surface area contributed by atoms with Crippen molar-refractivity contribution in [2.24, 2.45) is 0 Å². The van der Waals surface area contributed by atoms with E-state index in [1.807, 2.05) is 30.3 Å². The first kappa shape index (κ1) is 24.0. The number of esters is 1. The van der Waals surface area contributed by atoms with Crippen LogP contribution in [0.2, 0.25) is 0 Å². The summed E-state index contributed by atoms with van der Waals surface area (Å²) in [6.07, 6.45) is 1.58. The Labute approximate surface area is 171 Å². The van der Waals surface area contributed by atoms with E-state index in [9.17, 15) is 14.4 Å². The summed E-state index contributed by atoms with van der Waals surface area (Å²) in [6.45, 7) is 7.43. The van der Waals surface area contributed by atoms with Gasteiger partial charge in [0, 0.05) is 19.2 Å². The second-order valence-electron chi connectivity index (χ2n) is 7.35. The smallest absolute Gasteiger partial charge is 0.410 e. The van der Waals surface area contributed by atoms with Gasteiger partial charge in [-0.05, 0) is 33.3 Å². The summed E-state index contributed by atoms with van der Waals surface area (Å²) < 4.78 is 15.1. The summed E-state index contributed by atoms with van der Waals surface area (Å²) in [4.78, 5) is 37.1. The van der Waals surface area contributed by atoms with Crippen molar-refractivity contribution in [1.82, 2.24) is 10.2 Å². The van der Waals surface area contributed by atoms with Crippen molar-refractivity contribution < 1.29 is 28.6 Å². The van der Waals surface area contributed by atoms with Crippen LogP contribution in [0, 0.1) is 0 Å². The molecule has 0 aliphatic rings. The van der Waals surface area contributed by atoms with E-state index in [0.29, 0.717) is 0 Å². The Morgan fingerprint density at radius 2 is 1.83 bits per heavy atom. The Morgan fingerprint density at radius 1 is 1.17 bits per heavy atom. The topological polar surface area (TPSA) is 94.2 Å². The molecule has 0 fully saturated rings. The molecule has 1 atom stereocenters. The lowest BCUT2D eigenvalue weighted by molar-refractivity contribution is -0.134. The van der Waals surface area contributed by atoms with Crippen molar-refractivity contribution in [2.75, 3.05) is 20.2 Å². The first-order valence-corrected chi connectivity index (χ1v) is 9.31. The van der Waals surface area contributed by atoms with Crippen molar-refractivity contribution in [2.45, 2.75) is 45.9 Å². The number of methoxy groups -OCH3 is 1. The van der Waals surface area contributed by atoms with E-state index in [0.717, 1.165) is 5.56 Å². The maximum atomic E-state index is 12.6. The van der Waals surface area contributed by atoms with Gasteiger partial charge in [-0.1, -0.05) is 36.4 Å². The van der Waals surface area contributed by atoms with Crippen molar-refractivity contribution >= 4 is 18.2 Å². The monoisotopic (exact) mass is 406 g/mol. The molecule has 0 aliphatic carbocycles. The molecule has 0 heterocycles. The summed E-state index contributed by atoms with van der Waals surface area (Å²) in [5.74, 6) is -0.526. The van der Waals surface area contributed by atoms with Gasteiger partial charge in [-0.3, -0.25) is 0 Å². The lowest BCUT2D eigenvalue weighted by Gasteiger charge is -2.28. The zero-order valence-electron chi connectivity index (χ0n) is 17.6. The largest absolute Gasteiger partial charge is 0.466 e. The van der Waals surface area contributed by atoms with Crippen LogP contribution in [0.5, 0.6) is 0 Å². The van der Waals surface area contributed by atoms with Gasteiger partial charge in [0.1, 0.15) is 12.2 Å². The first-order valence-electron chi connectivity index (χ1n) is 9.31. The minimum absolute atomic E-state index is 0.111. The number of benzene rings is 1. The molecule has 1 rings (SSSR count). The molecule has 8 nitrogen and oxygen atoms in total. The van der Waals surface area contributed by atoms with Crippen molar-refractivity contribution in [1.29, 1.82) is 0 Å². The standard InChI is InChI=1S/C21H30N2O6/c1-16(14-22-19(25)29-21(2,3)4)23(13-9-12-18(24)27-5)20(26)28-15-17-10-7-6-8-11-17/h6-12,16H,13-15H2,1-5H3,(H,22,25)/b12-9+. The molecule has 2 amide bonds. The molecule has 1 N–H and O–H groups in total. The highest BCUT2D eigenvalue weighted by molar-refractivity contribution is 5.81. The van der Waals surface area contributed by atoms with Crippen LogP contribution in [-0.4, -0.2) is 54.9 Å². The molecular formula is C21H30N2O6. The van der Waals surface area contributed by atoms with Gasteiger partial charge in [0.15, 0.2) is 0 Å². The lowest BCUT2D eigenvalue weighted by Crippen LogP contribution is -2.46. The third-order valence-electron chi connectivity index (χ3n) is 3.67. The summed E-state index contributed by atoms with van der Waals surface area (Å²) in [5.41, 5.74) is 0.232. The second-order valence-corrected chi connectivity index (χ2v) is 7.35. The predicted octanol–water partition coefficient (Wildman–Crippen LogP) is 3.27. The van der Waals surface area contributed by atoms with Crippen LogP contribution in [0.25, 0.3) is 0 Å². The van der Waals surface area contributed by atoms with Crippen LogP contribution in [0.3, 0.4) is 0 Å². The SMILES string of the molecule is COC(=O)/C=C/CN(C(=O)OCc1ccccc1)C(C)CNC(=O)OC(C)(C)C. The van der Waals surface area contributed by atoms with Crippen LogP contribution >= 0.6 is 0 Å². The molecule has 1 unspecified atom stereocenters. The van der Waals surface area contributed by atoms with Gasteiger partial charge in [-0.25, -0.2) is 14.4 Å². The van der Waals surface area contributed by atoms with Crippen molar-refractivity contribution in [3.05, 3.63) is 48.0 Å². The number of nitrogens with zero attached hydrogens (tertiary/aromatic N) is 1. The summed E-state index contributed by atoms with van der Waals surface area (Å²) in [5, 5.41) is 2.63. The van der Waals surface area contributed by atoms with Crippen LogP contribution in [0.4, 0.5) is 9.59 Å². The first-order chi connectivity index (χ1) is 13.6. The number of carbonyl (C=O) groups is 3. The quantitative estimate of drug-likeness (QED) is 0.405. The maximum absolute atomic E-state index is 12.6. The number of nitrogens with one attached hydrogen (secondary N) is 1. The number of alkyl carbamates (subject to hydrolysis) is 1. The number of carbonyl (C=O) groups excluding carboxylic acids is 3. The molecule has 1 aromatic rings. The highest BCUT2D eigenvalue weighted by Crippen LogP contribution is 2.09. The van der Waals surface area contributed by atoms with Gasteiger partial charge < -0.3 is 24.4 Å². The van der Waals surface area contributed by atoms with Gasteiger partial charge in [-0.15, -0.1) is 0 Å². The van der Waals surface area contributed by atoms with Crippen molar-refractivity contribution in [3.8, 4) is 0 Å². The molecule has 0 bridgehead atoms. The normalized spacial score (nSPS) is 12.2. The molecule has 29 heavy (non-hydrogen) atoms. The average molecular weight is 406 g/mol. The fourth-order valence-electron chi connectivity index (χ4n) is 2.22. The van der Waals surface area contributed by atoms with E-state index < -0.39 is 29.8 Å². The number of ether oxygens (including phenoxy) is 3. The molecular weight excluding hydrogens is 376 g/mol. The predicted molar refractivity (Wildman–Crippen MR) is 108 cm³/mol. The number of hydrogen-bond acceptors (Lipinski definition) is 6. The third kappa shape index (κ3) is 10.2. The van der Waals surface area contributed by atoms with Crippen molar-refractivity contribution in [3.63, 3.8) is 0 Å². The molecule has 0 aromatic heterocycles. The molecule has 160 valence electrons. The fraction of sp³-hybridized carbons (Fsp3) is 0.476. The Hall–Kier alpha value is -3.03. The minimum Gasteiger partial charge on any atom is -0.466 e. The zero-order chi connectivity index (χ0) is 21.9. The van der Waals surface area contributed by atoms with E-state index in [-0.39, 0.29) is 19.7 Å². The fourth-order valence-corrected chi connectivity index (χ4v) is 2.22. The van der Waals surface area contributed by atoms with E-state index in [1.54, 1.807) is 27.7 Å². The number of rotatable bonds is 8. The second kappa shape index (κ2) is 11.7. The molecule has 0 radical (unpaired) electrons. The highest BCUT2D eigenvalue weighted by atomic mass is 16.6. The minimum atomic E-state index is -0.620. The van der Waals surface area contributed by atoms with Crippen LogP contribution in [0.1, 0.15) is 33.3 Å². The lowest BCUT2D eigenvalue weighted by atomic mass is 10.2. The molecule has 0 spiro atoms. The van der Waals surface area contributed by atoms with Crippen LogP contribution in [0.15, 0.2) is 42.5 Å². The van der Waals surface area contributed by atoms with E-state index >= 15 is 0 Å². The molecule has 8 heteroatoms. The molecule has 1 aromatic carbocycles. The van der Waals surface area contributed by atoms with Crippen LogP contribution < -0.4 is 5.32 Å². The third-order valence-corrected chi connectivity index (χ3v) is 3.67. The summed E-state index contributed by atoms with van der Waals surface area (Å²) in [7, 11) is 1.27. The Kier molecular flexibility index (Phi) is 9.71. The molecule has 0 saturated heterocycles. The van der Waals surface area contributed by atoms with Gasteiger partial charge in [0.2, 0.25) is 0 Å². The number of hydrogen-bond donors (Lipinski definition) is 1. The van der Waals surface area contributed by atoms with Gasteiger partial charge in [0.25, 0.3) is 0 Å². The average Bonchev–Trinajstić information content (AvgIpc) is 2.66. The number of amides is 2. The zero-order valence-corrected chi connectivity index (χ0v) is 17.6. The molecule has 0 saturated carbocycles. The Balaban J connectivity index is 2.72. The maximum Gasteiger partial charge on any atom is 0.410 e. The van der Waals surface area contributed by atoms with Gasteiger partial charge in [0.05, 0.1) is 13.2 Å². The summed E-state index contributed by atoms with van der Waals surface area (Å²) in [6, 6.07) is 8.87. The highest BCUT2D eigenvalue weighted by Gasteiger charge is 2.23. The summed E-state index contributed by atoms with van der Waals surface area (Å²) >= 11 is 0. The van der Waals surface area contributed by atoms with E-state index in [1.165, 1.54) is 24.2 Å². The molecule has 0 aliphatic heterocycles.